The average Bonchev–Trinajstić information content (AvgIpc) is 4.05. The SMILES string of the molecule is CC1(C)c2ccccc2-c2ccc(N(c3ccc(-c4cccc5c4sc4ccccc45)cc3)c3cccc4c3oc3c(-c5ccccc5)c5c(cc34)oc3ccccc35)cc21. The maximum Gasteiger partial charge on any atom is 0.159 e. The molecule has 0 N–H and O–H groups in total. The van der Waals surface area contributed by atoms with Gasteiger partial charge in [-0.15, -0.1) is 11.3 Å². The average molecular weight is 800 g/mol. The molecule has 1 aliphatic rings. The first-order chi connectivity index (χ1) is 30.0. The van der Waals surface area contributed by atoms with Gasteiger partial charge in [0, 0.05) is 64.1 Å². The lowest BCUT2D eigenvalue weighted by molar-refractivity contribution is 0.660. The van der Waals surface area contributed by atoms with Crippen molar-refractivity contribution in [3.05, 3.63) is 199 Å². The van der Waals surface area contributed by atoms with Crippen molar-refractivity contribution in [2.45, 2.75) is 19.3 Å². The van der Waals surface area contributed by atoms with Gasteiger partial charge in [0.15, 0.2) is 5.58 Å². The van der Waals surface area contributed by atoms with Crippen LogP contribution >= 0.6 is 11.3 Å². The maximum absolute atomic E-state index is 7.29. The van der Waals surface area contributed by atoms with Gasteiger partial charge in [-0.3, -0.25) is 0 Å². The van der Waals surface area contributed by atoms with Crippen LogP contribution in [0.5, 0.6) is 0 Å². The highest BCUT2D eigenvalue weighted by atomic mass is 32.1. The van der Waals surface area contributed by atoms with Gasteiger partial charge in [0.2, 0.25) is 0 Å². The fourth-order valence-electron chi connectivity index (χ4n) is 10.2. The molecule has 3 nitrogen and oxygen atoms in total. The monoisotopic (exact) mass is 799 g/mol. The van der Waals surface area contributed by atoms with Gasteiger partial charge in [-0.1, -0.05) is 153 Å². The third-order valence-corrected chi connectivity index (χ3v) is 14.3. The molecule has 0 unspecified atom stereocenters. The van der Waals surface area contributed by atoms with E-state index < -0.39 is 0 Å². The molecule has 0 radical (unpaired) electrons. The van der Waals surface area contributed by atoms with Gasteiger partial charge >= 0.3 is 0 Å². The molecule has 0 atom stereocenters. The van der Waals surface area contributed by atoms with Crippen LogP contribution in [0.2, 0.25) is 0 Å². The molecule has 288 valence electrons. The van der Waals surface area contributed by atoms with E-state index in [0.29, 0.717) is 0 Å². The van der Waals surface area contributed by atoms with Crippen LogP contribution in [0.25, 0.3) is 97.4 Å². The Morgan fingerprint density at radius 1 is 0.443 bits per heavy atom. The molecule has 1 aliphatic carbocycles. The number of para-hydroxylation sites is 2. The number of hydrogen-bond donors (Lipinski definition) is 0. The summed E-state index contributed by atoms with van der Waals surface area (Å²) in [5.74, 6) is 0. The first-order valence-corrected chi connectivity index (χ1v) is 21.7. The van der Waals surface area contributed by atoms with Crippen molar-refractivity contribution in [3.8, 4) is 33.4 Å². The highest BCUT2D eigenvalue weighted by Crippen LogP contribution is 2.52. The van der Waals surface area contributed by atoms with Crippen LogP contribution < -0.4 is 4.90 Å². The van der Waals surface area contributed by atoms with Crippen molar-refractivity contribution >= 4 is 92.4 Å². The number of rotatable bonds is 5. The molecule has 0 spiro atoms. The fourth-order valence-corrected chi connectivity index (χ4v) is 11.4. The predicted molar refractivity (Wildman–Crippen MR) is 257 cm³/mol. The summed E-state index contributed by atoms with van der Waals surface area (Å²) in [5.41, 5.74) is 16.2. The molecule has 0 bridgehead atoms. The Labute approximate surface area is 356 Å². The summed E-state index contributed by atoms with van der Waals surface area (Å²) < 4.78 is 16.5. The number of hydrogen-bond acceptors (Lipinski definition) is 4. The molecule has 61 heavy (non-hydrogen) atoms. The second-order valence-corrected chi connectivity index (χ2v) is 17.8. The van der Waals surface area contributed by atoms with Gasteiger partial charge in [0.1, 0.15) is 16.7 Å². The summed E-state index contributed by atoms with van der Waals surface area (Å²) in [6.45, 7) is 4.69. The van der Waals surface area contributed by atoms with Gasteiger partial charge in [-0.05, 0) is 87.5 Å². The first-order valence-electron chi connectivity index (χ1n) is 20.9. The quantitative estimate of drug-likeness (QED) is 0.174. The molecule has 0 saturated carbocycles. The summed E-state index contributed by atoms with van der Waals surface area (Å²) >= 11 is 1.87. The van der Waals surface area contributed by atoms with Crippen LogP contribution in [-0.2, 0) is 5.41 Å². The van der Waals surface area contributed by atoms with E-state index in [0.717, 1.165) is 72.1 Å². The summed E-state index contributed by atoms with van der Waals surface area (Å²) in [7, 11) is 0. The van der Waals surface area contributed by atoms with Gasteiger partial charge in [-0.2, -0.15) is 0 Å². The molecule has 9 aromatic carbocycles. The standard InChI is InChI=1S/C57H37NO2S/c1-57(2)46-22-9-6-16-39(46)40-31-30-37(32-47(40)57)58(36-28-26-34(27-29-36)38-19-12-21-43-41-17-8-11-25-51(41)61-56(38)43)48-23-13-20-42-45-33-50-53(44-18-7-10-24-49(44)59-50)52(55(45)60-54(42)48)35-14-4-3-5-15-35/h3-33H,1-2H3. The Hall–Kier alpha value is -7.40. The van der Waals surface area contributed by atoms with Crippen LogP contribution in [-0.4, -0.2) is 0 Å². The van der Waals surface area contributed by atoms with E-state index in [1.165, 1.54) is 53.6 Å². The van der Waals surface area contributed by atoms with Crippen molar-refractivity contribution < 1.29 is 8.83 Å². The Morgan fingerprint density at radius 3 is 2.02 bits per heavy atom. The second-order valence-electron chi connectivity index (χ2n) is 16.8. The van der Waals surface area contributed by atoms with Crippen molar-refractivity contribution in [1.82, 2.24) is 0 Å². The Bertz CT molecular complexity index is 3740. The lowest BCUT2D eigenvalue weighted by Crippen LogP contribution is -2.16. The minimum absolute atomic E-state index is 0.160. The lowest BCUT2D eigenvalue weighted by Gasteiger charge is -2.28. The molecule has 3 aromatic heterocycles. The summed E-state index contributed by atoms with van der Waals surface area (Å²) in [6, 6.07) is 67.9. The summed E-state index contributed by atoms with van der Waals surface area (Å²) in [4.78, 5) is 2.38. The zero-order valence-corrected chi connectivity index (χ0v) is 34.4. The Balaban J connectivity index is 1.05. The van der Waals surface area contributed by atoms with Crippen molar-refractivity contribution in [3.63, 3.8) is 0 Å². The largest absolute Gasteiger partial charge is 0.456 e. The minimum atomic E-state index is -0.160. The molecule has 13 rings (SSSR count). The highest BCUT2D eigenvalue weighted by Gasteiger charge is 2.36. The normalized spacial score (nSPS) is 13.2. The second kappa shape index (κ2) is 12.8. The Kier molecular flexibility index (Phi) is 7.23. The van der Waals surface area contributed by atoms with Gasteiger partial charge in [0.25, 0.3) is 0 Å². The van der Waals surface area contributed by atoms with Crippen molar-refractivity contribution in [2.24, 2.45) is 0 Å². The van der Waals surface area contributed by atoms with Crippen LogP contribution in [0, 0.1) is 0 Å². The van der Waals surface area contributed by atoms with Gasteiger partial charge in [-0.25, -0.2) is 0 Å². The number of anilines is 3. The van der Waals surface area contributed by atoms with E-state index in [2.05, 4.69) is 195 Å². The van der Waals surface area contributed by atoms with Gasteiger partial charge in [0.05, 0.1) is 5.69 Å². The third kappa shape index (κ3) is 4.97. The molecular weight excluding hydrogens is 763 g/mol. The topological polar surface area (TPSA) is 29.5 Å². The van der Waals surface area contributed by atoms with E-state index in [4.69, 9.17) is 8.83 Å². The number of fused-ring (bicyclic) bond motifs is 12. The number of furan rings is 2. The molecule has 0 saturated heterocycles. The number of thiophene rings is 1. The molecule has 0 amide bonds. The number of nitrogens with zero attached hydrogens (tertiary/aromatic N) is 1. The molecular formula is C57H37NO2S. The van der Waals surface area contributed by atoms with Crippen LogP contribution in [0.1, 0.15) is 25.0 Å². The van der Waals surface area contributed by atoms with E-state index in [9.17, 15) is 0 Å². The smallest absolute Gasteiger partial charge is 0.159 e. The maximum atomic E-state index is 7.29. The molecule has 12 aromatic rings. The molecule has 3 heterocycles. The van der Waals surface area contributed by atoms with E-state index in [1.807, 2.05) is 23.5 Å². The molecule has 4 heteroatoms. The van der Waals surface area contributed by atoms with Crippen LogP contribution in [0.15, 0.2) is 197 Å². The van der Waals surface area contributed by atoms with Crippen LogP contribution in [0.4, 0.5) is 17.1 Å². The molecule has 0 fully saturated rings. The Morgan fingerprint density at radius 2 is 1.13 bits per heavy atom. The predicted octanol–water partition coefficient (Wildman–Crippen LogP) is 17.0. The van der Waals surface area contributed by atoms with E-state index >= 15 is 0 Å². The highest BCUT2D eigenvalue weighted by molar-refractivity contribution is 7.26. The fraction of sp³-hybridized carbons (Fsp3) is 0.0526. The van der Waals surface area contributed by atoms with Crippen molar-refractivity contribution in [1.29, 1.82) is 0 Å². The number of benzene rings is 9. The van der Waals surface area contributed by atoms with E-state index in [1.54, 1.807) is 0 Å². The first kappa shape index (κ1) is 34.5. The van der Waals surface area contributed by atoms with Gasteiger partial charge < -0.3 is 13.7 Å². The van der Waals surface area contributed by atoms with E-state index in [-0.39, 0.29) is 5.41 Å². The zero-order valence-electron chi connectivity index (χ0n) is 33.6. The van der Waals surface area contributed by atoms with Crippen molar-refractivity contribution in [2.75, 3.05) is 4.90 Å². The summed E-state index contributed by atoms with van der Waals surface area (Å²) in [5, 5.41) is 6.82. The lowest BCUT2D eigenvalue weighted by atomic mass is 9.82. The molecule has 0 aliphatic heterocycles. The summed E-state index contributed by atoms with van der Waals surface area (Å²) in [6.07, 6.45) is 0. The van der Waals surface area contributed by atoms with Crippen LogP contribution in [0.3, 0.4) is 0 Å². The third-order valence-electron chi connectivity index (χ3n) is 13.1. The zero-order chi connectivity index (χ0) is 40.4. The minimum Gasteiger partial charge on any atom is -0.456 e.